The molecule has 0 spiro atoms. The van der Waals surface area contributed by atoms with Gasteiger partial charge in [-0.1, -0.05) is 35.5 Å². The third kappa shape index (κ3) is 4.45. The van der Waals surface area contributed by atoms with Gasteiger partial charge < -0.3 is 14.9 Å². The standard InChI is InChI=1S/C18H21N3O4S.ClH/c1-10-13(14(21-25-10)11-7-5-4-6-8-11)16(22)19-9-12-20-15(17(23)24)18(2,3)26-12;/h4-8,12,15,20H,9H2,1-3H3,(H,19,22)(H,23,24);1H/t12?,15-;/m0./s1. The van der Waals surface area contributed by atoms with E-state index in [4.69, 9.17) is 4.52 Å². The van der Waals surface area contributed by atoms with Crippen LogP contribution in [-0.4, -0.2) is 44.8 Å². The zero-order valence-corrected chi connectivity index (χ0v) is 16.8. The average molecular weight is 412 g/mol. The van der Waals surface area contributed by atoms with Crippen LogP contribution in [0.5, 0.6) is 0 Å². The van der Waals surface area contributed by atoms with E-state index in [1.165, 1.54) is 11.8 Å². The molecule has 9 heteroatoms. The molecule has 3 N–H and O–H groups in total. The van der Waals surface area contributed by atoms with Crippen molar-refractivity contribution >= 4 is 36.0 Å². The van der Waals surface area contributed by atoms with Crippen molar-refractivity contribution in [2.75, 3.05) is 6.54 Å². The highest BCUT2D eigenvalue weighted by Gasteiger charge is 2.45. The molecule has 0 bridgehead atoms. The summed E-state index contributed by atoms with van der Waals surface area (Å²) in [6, 6.07) is 8.69. The maximum absolute atomic E-state index is 12.7. The molecule has 1 aromatic heterocycles. The number of carboxylic acid groups (broad SMARTS) is 1. The van der Waals surface area contributed by atoms with Gasteiger partial charge in [-0.25, -0.2) is 0 Å². The highest BCUT2D eigenvalue weighted by Crippen LogP contribution is 2.37. The summed E-state index contributed by atoms with van der Waals surface area (Å²) in [6.45, 7) is 5.75. The van der Waals surface area contributed by atoms with Gasteiger partial charge in [-0.2, -0.15) is 0 Å². The summed E-state index contributed by atoms with van der Waals surface area (Å²) in [5.74, 6) is -0.740. The maximum Gasteiger partial charge on any atom is 0.322 e. The van der Waals surface area contributed by atoms with Crippen LogP contribution >= 0.6 is 24.2 Å². The number of carbonyl (C=O) groups excluding carboxylic acids is 1. The van der Waals surface area contributed by atoms with Gasteiger partial charge in [0.25, 0.3) is 5.91 Å². The predicted molar refractivity (Wildman–Crippen MR) is 106 cm³/mol. The van der Waals surface area contributed by atoms with Gasteiger partial charge >= 0.3 is 5.97 Å². The molecule has 1 fully saturated rings. The van der Waals surface area contributed by atoms with Crippen LogP contribution in [-0.2, 0) is 4.79 Å². The first-order valence-corrected chi connectivity index (χ1v) is 9.14. The number of aryl methyl sites for hydroxylation is 1. The Hall–Kier alpha value is -2.03. The minimum Gasteiger partial charge on any atom is -0.480 e. The summed E-state index contributed by atoms with van der Waals surface area (Å²) >= 11 is 1.50. The van der Waals surface area contributed by atoms with Crippen molar-refractivity contribution < 1.29 is 19.2 Å². The number of nitrogens with one attached hydrogen (secondary N) is 2. The normalized spacial score (nSPS) is 20.7. The summed E-state index contributed by atoms with van der Waals surface area (Å²) in [4.78, 5) is 24.0. The lowest BCUT2D eigenvalue weighted by atomic mass is 10.0. The molecule has 3 rings (SSSR count). The first-order chi connectivity index (χ1) is 12.3. The molecule has 27 heavy (non-hydrogen) atoms. The topological polar surface area (TPSA) is 104 Å². The van der Waals surface area contributed by atoms with E-state index in [0.29, 0.717) is 23.6 Å². The van der Waals surface area contributed by atoms with E-state index in [9.17, 15) is 14.7 Å². The van der Waals surface area contributed by atoms with Crippen LogP contribution in [0.1, 0.15) is 30.0 Å². The molecule has 1 aliphatic heterocycles. The number of carboxylic acids is 1. The van der Waals surface area contributed by atoms with Gasteiger partial charge in [0, 0.05) is 16.9 Å². The van der Waals surface area contributed by atoms with Crippen LogP contribution < -0.4 is 10.6 Å². The van der Waals surface area contributed by atoms with Crippen LogP contribution in [0.2, 0.25) is 0 Å². The molecule has 0 radical (unpaired) electrons. The molecule has 2 heterocycles. The Balaban J connectivity index is 0.00000261. The van der Waals surface area contributed by atoms with Gasteiger partial charge in [0.05, 0.1) is 5.37 Å². The fraction of sp³-hybridized carbons (Fsp3) is 0.389. The van der Waals surface area contributed by atoms with E-state index in [1.54, 1.807) is 6.92 Å². The van der Waals surface area contributed by atoms with Gasteiger partial charge in [0.15, 0.2) is 0 Å². The fourth-order valence-electron chi connectivity index (χ4n) is 3.03. The molecule has 0 saturated carbocycles. The Labute approximate surface area is 167 Å². The van der Waals surface area contributed by atoms with Crippen LogP contribution in [0.25, 0.3) is 11.3 Å². The molecule has 1 saturated heterocycles. The van der Waals surface area contributed by atoms with Crippen LogP contribution in [0.4, 0.5) is 0 Å². The first-order valence-electron chi connectivity index (χ1n) is 8.26. The average Bonchev–Trinajstić information content (AvgIpc) is 3.13. The number of halogens is 1. The van der Waals surface area contributed by atoms with E-state index in [0.717, 1.165) is 5.56 Å². The molecule has 146 valence electrons. The van der Waals surface area contributed by atoms with E-state index in [1.807, 2.05) is 44.2 Å². The Morgan fingerprint density at radius 2 is 2.00 bits per heavy atom. The number of amides is 1. The fourth-order valence-corrected chi connectivity index (χ4v) is 4.44. The largest absolute Gasteiger partial charge is 0.480 e. The molecule has 0 aliphatic carbocycles. The van der Waals surface area contributed by atoms with Crippen molar-refractivity contribution in [3.05, 3.63) is 41.7 Å². The lowest BCUT2D eigenvalue weighted by Gasteiger charge is -2.20. The number of hydrogen-bond donors (Lipinski definition) is 3. The molecule has 7 nitrogen and oxygen atoms in total. The van der Waals surface area contributed by atoms with Crippen LogP contribution in [0, 0.1) is 6.92 Å². The molecular weight excluding hydrogens is 390 g/mol. The van der Waals surface area contributed by atoms with E-state index < -0.39 is 16.8 Å². The monoisotopic (exact) mass is 411 g/mol. The quantitative estimate of drug-likeness (QED) is 0.694. The lowest BCUT2D eigenvalue weighted by molar-refractivity contribution is -0.139. The maximum atomic E-state index is 12.7. The van der Waals surface area contributed by atoms with Gasteiger partial charge in [-0.05, 0) is 20.8 Å². The number of aromatic nitrogens is 1. The van der Waals surface area contributed by atoms with Gasteiger partial charge in [-0.3, -0.25) is 14.9 Å². The van der Waals surface area contributed by atoms with Crippen molar-refractivity contribution in [2.24, 2.45) is 0 Å². The Kier molecular flexibility index (Phi) is 6.56. The van der Waals surface area contributed by atoms with Gasteiger partial charge in [-0.15, -0.1) is 24.2 Å². The number of aliphatic carboxylic acids is 1. The number of rotatable bonds is 5. The van der Waals surface area contributed by atoms with Crippen molar-refractivity contribution in [1.29, 1.82) is 0 Å². The molecule has 2 atom stereocenters. The summed E-state index contributed by atoms with van der Waals surface area (Å²) in [7, 11) is 0. The molecule has 2 aromatic rings. The van der Waals surface area contributed by atoms with Crippen molar-refractivity contribution in [2.45, 2.75) is 36.9 Å². The third-order valence-electron chi connectivity index (χ3n) is 4.33. The summed E-state index contributed by atoms with van der Waals surface area (Å²) < 4.78 is 4.76. The highest BCUT2D eigenvalue weighted by atomic mass is 35.5. The summed E-state index contributed by atoms with van der Waals surface area (Å²) in [5, 5.41) is 19.0. The summed E-state index contributed by atoms with van der Waals surface area (Å²) in [6.07, 6.45) is 0. The molecule has 1 aromatic carbocycles. The molecule has 1 unspecified atom stereocenters. The number of carbonyl (C=O) groups is 2. The van der Waals surface area contributed by atoms with Gasteiger partial charge in [0.1, 0.15) is 23.1 Å². The number of benzene rings is 1. The first kappa shape index (κ1) is 21.3. The molecule has 1 amide bonds. The van der Waals surface area contributed by atoms with Crippen molar-refractivity contribution in [3.8, 4) is 11.3 Å². The molecule has 1 aliphatic rings. The zero-order valence-electron chi connectivity index (χ0n) is 15.2. The SMILES string of the molecule is Cc1onc(-c2ccccc2)c1C(=O)NCC1N[C@@H](C(=O)O)C(C)(C)S1.Cl. The Morgan fingerprint density at radius 1 is 1.33 bits per heavy atom. The summed E-state index contributed by atoms with van der Waals surface area (Å²) in [5.41, 5.74) is 1.69. The minimum atomic E-state index is -0.891. The molecular formula is C18H22ClN3O4S. The number of hydrogen-bond acceptors (Lipinski definition) is 6. The van der Waals surface area contributed by atoms with Crippen molar-refractivity contribution in [1.82, 2.24) is 15.8 Å². The Bertz CT molecular complexity index is 825. The number of nitrogens with zero attached hydrogens (tertiary/aromatic N) is 1. The van der Waals surface area contributed by atoms with E-state index in [-0.39, 0.29) is 23.7 Å². The van der Waals surface area contributed by atoms with Crippen LogP contribution in [0.3, 0.4) is 0 Å². The minimum absolute atomic E-state index is 0. The third-order valence-corrected chi connectivity index (χ3v) is 5.76. The Morgan fingerprint density at radius 3 is 2.59 bits per heavy atom. The van der Waals surface area contributed by atoms with Crippen LogP contribution in [0.15, 0.2) is 34.9 Å². The van der Waals surface area contributed by atoms with E-state index in [2.05, 4.69) is 15.8 Å². The second kappa shape index (κ2) is 8.33. The van der Waals surface area contributed by atoms with E-state index >= 15 is 0 Å². The highest BCUT2D eigenvalue weighted by molar-refractivity contribution is 8.01. The smallest absolute Gasteiger partial charge is 0.322 e. The van der Waals surface area contributed by atoms with Gasteiger partial charge in [0.2, 0.25) is 0 Å². The lowest BCUT2D eigenvalue weighted by Crippen LogP contribution is -2.46. The van der Waals surface area contributed by atoms with Crippen molar-refractivity contribution in [3.63, 3.8) is 0 Å². The second-order valence-electron chi connectivity index (χ2n) is 6.69. The predicted octanol–water partition coefficient (Wildman–Crippen LogP) is 2.70. The zero-order chi connectivity index (χ0) is 18.9. The number of thioether (sulfide) groups is 1. The second-order valence-corrected chi connectivity index (χ2v) is 8.54.